The minimum Gasteiger partial charge on any atom is -0.497 e. The molecule has 1 fully saturated rings. The number of hydrogen-bond donors (Lipinski definition) is 0. The van der Waals surface area contributed by atoms with E-state index in [1.807, 2.05) is 126 Å². The number of rotatable bonds is 8. The molecule has 3 atom stereocenters. The molecule has 0 aliphatic carbocycles. The monoisotopic (exact) mass is 652 g/mol. The normalized spacial score (nSPS) is 19.8. The molecule has 1 amide bonds. The van der Waals surface area contributed by atoms with Gasteiger partial charge in [0.05, 0.1) is 25.4 Å². The number of methoxy groups -OCH3 is 2. The van der Waals surface area contributed by atoms with Gasteiger partial charge in [0.25, 0.3) is 5.91 Å². The standard InChI is InChI=1S/C40H32N2O5S/c1-44-28-19-17-27(18-20-28)40-25-36(32-24-26-23-31(45-2)21-22-33(26)41-38(32)47-30-13-7-4-8-14-30)48-35-16-10-9-15-34(35)42(40)39(43)37(40)46-29-11-5-3-6-12-29/h3-24,36-37H,25H2,1-2H3. The van der Waals surface area contributed by atoms with Crippen molar-refractivity contribution in [3.63, 3.8) is 0 Å². The molecule has 238 valence electrons. The van der Waals surface area contributed by atoms with E-state index in [1.54, 1.807) is 26.0 Å². The Bertz CT molecular complexity index is 2110. The van der Waals surface area contributed by atoms with E-state index >= 15 is 0 Å². The van der Waals surface area contributed by atoms with E-state index in [0.29, 0.717) is 23.8 Å². The molecule has 1 aromatic heterocycles. The first kappa shape index (κ1) is 29.9. The summed E-state index contributed by atoms with van der Waals surface area (Å²) in [6, 6.07) is 43.3. The third-order valence-electron chi connectivity index (χ3n) is 9.06. The van der Waals surface area contributed by atoms with Gasteiger partial charge in [-0.15, -0.1) is 11.8 Å². The summed E-state index contributed by atoms with van der Waals surface area (Å²) in [5.74, 6) is 3.22. The molecule has 48 heavy (non-hydrogen) atoms. The van der Waals surface area contributed by atoms with Crippen LogP contribution in [0.25, 0.3) is 10.9 Å². The summed E-state index contributed by atoms with van der Waals surface area (Å²) < 4.78 is 24.3. The Balaban J connectivity index is 1.34. The molecular weight excluding hydrogens is 621 g/mol. The number of ether oxygens (including phenoxy) is 4. The summed E-state index contributed by atoms with van der Waals surface area (Å²) in [6.45, 7) is 0. The smallest absolute Gasteiger partial charge is 0.271 e. The summed E-state index contributed by atoms with van der Waals surface area (Å²) in [5, 5.41) is 0.732. The van der Waals surface area contributed by atoms with Crippen LogP contribution in [0.2, 0.25) is 0 Å². The molecule has 1 saturated heterocycles. The number of amides is 1. The second-order valence-corrected chi connectivity index (χ2v) is 13.0. The van der Waals surface area contributed by atoms with Crippen molar-refractivity contribution in [2.45, 2.75) is 28.2 Å². The number of aromatic nitrogens is 1. The molecule has 5 aromatic carbocycles. The Kier molecular flexibility index (Phi) is 7.65. The Hall–Kier alpha value is -5.47. The molecule has 6 aromatic rings. The number of carbonyl (C=O) groups is 1. The van der Waals surface area contributed by atoms with Gasteiger partial charge in [-0.05, 0) is 84.8 Å². The van der Waals surface area contributed by atoms with E-state index in [4.69, 9.17) is 23.9 Å². The number of nitrogens with zero attached hydrogens (tertiary/aromatic N) is 2. The Labute approximate surface area is 283 Å². The fourth-order valence-electron chi connectivity index (χ4n) is 6.75. The van der Waals surface area contributed by atoms with Crippen LogP contribution >= 0.6 is 11.8 Å². The van der Waals surface area contributed by atoms with Gasteiger partial charge >= 0.3 is 0 Å². The van der Waals surface area contributed by atoms with Crippen LogP contribution in [-0.4, -0.2) is 31.2 Å². The highest BCUT2D eigenvalue weighted by Gasteiger charge is 2.65. The molecule has 2 aliphatic rings. The largest absolute Gasteiger partial charge is 0.497 e. The van der Waals surface area contributed by atoms with Gasteiger partial charge in [0.2, 0.25) is 12.0 Å². The molecule has 0 N–H and O–H groups in total. The van der Waals surface area contributed by atoms with Crippen LogP contribution in [0.5, 0.6) is 28.9 Å². The predicted octanol–water partition coefficient (Wildman–Crippen LogP) is 8.97. The third kappa shape index (κ3) is 5.09. The summed E-state index contributed by atoms with van der Waals surface area (Å²) in [4.78, 5) is 22.3. The zero-order valence-corrected chi connectivity index (χ0v) is 27.2. The van der Waals surface area contributed by atoms with Gasteiger partial charge in [0.15, 0.2) is 0 Å². The average Bonchev–Trinajstić information content (AvgIpc) is 3.27. The quantitative estimate of drug-likeness (QED) is 0.152. The molecule has 2 aliphatic heterocycles. The molecule has 3 heterocycles. The van der Waals surface area contributed by atoms with Crippen LogP contribution in [0, 0.1) is 0 Å². The second kappa shape index (κ2) is 12.3. The SMILES string of the molecule is COc1ccc(C23CC(c4cc5cc(OC)ccc5nc4Oc4ccccc4)Sc4ccccc4N2C(=O)C3Oc2ccccc2)cc1. The van der Waals surface area contributed by atoms with E-state index < -0.39 is 11.6 Å². The van der Waals surface area contributed by atoms with Crippen LogP contribution in [0.1, 0.15) is 22.8 Å². The number of hydrogen-bond acceptors (Lipinski definition) is 7. The number of thioether (sulfide) groups is 1. The lowest BCUT2D eigenvalue weighted by molar-refractivity contribution is -0.142. The third-order valence-corrected chi connectivity index (χ3v) is 10.4. The number of benzene rings is 5. The minimum atomic E-state index is -0.864. The highest BCUT2D eigenvalue weighted by Crippen LogP contribution is 2.60. The zero-order valence-electron chi connectivity index (χ0n) is 26.4. The lowest BCUT2D eigenvalue weighted by atomic mass is 9.70. The lowest BCUT2D eigenvalue weighted by Crippen LogP contribution is -2.74. The van der Waals surface area contributed by atoms with E-state index in [1.165, 1.54) is 0 Å². The summed E-state index contributed by atoms with van der Waals surface area (Å²) >= 11 is 1.71. The van der Waals surface area contributed by atoms with Crippen molar-refractivity contribution in [1.29, 1.82) is 0 Å². The number of anilines is 1. The maximum Gasteiger partial charge on any atom is 0.271 e. The van der Waals surface area contributed by atoms with Crippen LogP contribution in [-0.2, 0) is 10.3 Å². The van der Waals surface area contributed by atoms with E-state index in [-0.39, 0.29) is 11.2 Å². The van der Waals surface area contributed by atoms with Crippen LogP contribution in [0.3, 0.4) is 0 Å². The first-order valence-electron chi connectivity index (χ1n) is 15.7. The van der Waals surface area contributed by atoms with Crippen LogP contribution in [0.4, 0.5) is 5.69 Å². The first-order valence-corrected chi connectivity index (χ1v) is 16.6. The maximum absolute atomic E-state index is 14.3. The van der Waals surface area contributed by atoms with Crippen LogP contribution < -0.4 is 23.8 Å². The molecule has 0 radical (unpaired) electrons. The van der Waals surface area contributed by atoms with Crippen molar-refractivity contribution in [2.24, 2.45) is 0 Å². The van der Waals surface area contributed by atoms with Gasteiger partial charge < -0.3 is 18.9 Å². The van der Waals surface area contributed by atoms with Gasteiger partial charge in [0.1, 0.15) is 28.5 Å². The predicted molar refractivity (Wildman–Crippen MR) is 187 cm³/mol. The van der Waals surface area contributed by atoms with E-state index in [9.17, 15) is 4.79 Å². The van der Waals surface area contributed by atoms with Gasteiger partial charge in [-0.3, -0.25) is 9.69 Å². The lowest BCUT2D eigenvalue weighted by Gasteiger charge is -2.57. The van der Waals surface area contributed by atoms with Gasteiger partial charge in [-0.1, -0.05) is 60.7 Å². The van der Waals surface area contributed by atoms with E-state index in [0.717, 1.165) is 44.1 Å². The Morgan fingerprint density at radius 1 is 0.729 bits per heavy atom. The summed E-state index contributed by atoms with van der Waals surface area (Å²) in [6.07, 6.45) is -0.265. The molecule has 8 rings (SSSR count). The Morgan fingerprint density at radius 2 is 1.40 bits per heavy atom. The van der Waals surface area contributed by atoms with E-state index in [2.05, 4.69) is 12.1 Å². The number of para-hydroxylation sites is 3. The molecule has 3 unspecified atom stereocenters. The molecule has 0 saturated carbocycles. The number of fused-ring (bicyclic) bond motifs is 4. The molecular formula is C40H32N2O5S. The average molecular weight is 653 g/mol. The minimum absolute atomic E-state index is 0.0921. The van der Waals surface area contributed by atoms with Gasteiger partial charge in [-0.25, -0.2) is 4.98 Å². The summed E-state index contributed by atoms with van der Waals surface area (Å²) in [7, 11) is 3.31. The molecule has 0 spiro atoms. The zero-order chi connectivity index (χ0) is 32.7. The van der Waals surface area contributed by atoms with Crippen molar-refractivity contribution in [1.82, 2.24) is 4.98 Å². The van der Waals surface area contributed by atoms with Crippen molar-refractivity contribution in [2.75, 3.05) is 19.1 Å². The Morgan fingerprint density at radius 3 is 2.12 bits per heavy atom. The maximum atomic E-state index is 14.3. The second-order valence-electron chi connectivity index (χ2n) is 11.8. The summed E-state index contributed by atoms with van der Waals surface area (Å²) in [5.41, 5.74) is 2.63. The highest BCUT2D eigenvalue weighted by atomic mass is 32.2. The number of carbonyl (C=O) groups excluding carboxylic acids is 1. The van der Waals surface area contributed by atoms with Crippen LogP contribution in [0.15, 0.2) is 138 Å². The first-order chi connectivity index (χ1) is 23.6. The van der Waals surface area contributed by atoms with Crippen molar-refractivity contribution in [3.8, 4) is 28.9 Å². The van der Waals surface area contributed by atoms with Crippen molar-refractivity contribution >= 4 is 34.3 Å². The highest BCUT2D eigenvalue weighted by molar-refractivity contribution is 7.99. The van der Waals surface area contributed by atoms with Gasteiger partial charge in [-0.2, -0.15) is 0 Å². The van der Waals surface area contributed by atoms with Gasteiger partial charge in [0, 0.05) is 21.1 Å². The fraction of sp³-hybridized carbons (Fsp3) is 0.150. The number of pyridine rings is 1. The van der Waals surface area contributed by atoms with Crippen molar-refractivity contribution < 1.29 is 23.7 Å². The van der Waals surface area contributed by atoms with Crippen molar-refractivity contribution in [3.05, 3.63) is 145 Å². The topological polar surface area (TPSA) is 70.1 Å². The molecule has 0 bridgehead atoms. The molecule has 7 nitrogen and oxygen atoms in total. The number of β-lactam (4-membered cyclic amide) rings is 1. The molecule has 8 heteroatoms. The fourth-order valence-corrected chi connectivity index (χ4v) is 8.12.